The quantitative estimate of drug-likeness (QED) is 0.634. The summed E-state index contributed by atoms with van der Waals surface area (Å²) < 4.78 is 0. The molecule has 2 aromatic carbocycles. The Morgan fingerprint density at radius 1 is 1.24 bits per heavy atom. The van der Waals surface area contributed by atoms with Crippen LogP contribution < -0.4 is 10.6 Å². The molecular formula is C18H19N3O3S. The number of nitrogens with zero attached hydrogens (tertiary/aromatic N) is 1. The summed E-state index contributed by atoms with van der Waals surface area (Å²) in [5, 5.41) is 17.3. The summed E-state index contributed by atoms with van der Waals surface area (Å²) in [4.78, 5) is 25.0. The summed E-state index contributed by atoms with van der Waals surface area (Å²) in [5.74, 6) is -0.268. The molecular weight excluding hydrogens is 338 g/mol. The first-order valence-electron chi connectivity index (χ1n) is 8.16. The van der Waals surface area contributed by atoms with Gasteiger partial charge in [0.15, 0.2) is 0 Å². The highest BCUT2D eigenvalue weighted by Crippen LogP contribution is 2.32. The van der Waals surface area contributed by atoms with E-state index in [1.54, 1.807) is 6.07 Å². The number of carbonyl (C=O) groups is 1. The summed E-state index contributed by atoms with van der Waals surface area (Å²) in [7, 11) is 0. The van der Waals surface area contributed by atoms with Gasteiger partial charge in [0.05, 0.1) is 10.5 Å². The molecule has 0 radical (unpaired) electrons. The summed E-state index contributed by atoms with van der Waals surface area (Å²) in [6.45, 7) is 1.68. The second-order valence-electron chi connectivity index (χ2n) is 5.87. The van der Waals surface area contributed by atoms with E-state index in [0.717, 1.165) is 30.8 Å². The van der Waals surface area contributed by atoms with E-state index in [2.05, 4.69) is 10.6 Å². The molecule has 0 spiro atoms. The largest absolute Gasteiger partial charge is 0.348 e. The molecule has 25 heavy (non-hydrogen) atoms. The van der Waals surface area contributed by atoms with Crippen molar-refractivity contribution in [1.29, 1.82) is 0 Å². The van der Waals surface area contributed by atoms with Crippen LogP contribution >= 0.6 is 11.8 Å². The predicted molar refractivity (Wildman–Crippen MR) is 97.0 cm³/mol. The van der Waals surface area contributed by atoms with Crippen molar-refractivity contribution in [2.24, 2.45) is 0 Å². The van der Waals surface area contributed by atoms with Crippen molar-refractivity contribution >= 4 is 23.4 Å². The molecule has 0 aromatic heterocycles. The third kappa shape index (κ3) is 4.58. The number of hydrogen-bond donors (Lipinski definition) is 2. The molecule has 1 unspecified atom stereocenters. The molecule has 7 heteroatoms. The molecule has 0 bridgehead atoms. The topological polar surface area (TPSA) is 84.3 Å². The van der Waals surface area contributed by atoms with Crippen molar-refractivity contribution in [1.82, 2.24) is 10.6 Å². The zero-order chi connectivity index (χ0) is 17.6. The van der Waals surface area contributed by atoms with Crippen molar-refractivity contribution in [3.05, 3.63) is 64.2 Å². The molecule has 1 saturated heterocycles. The number of non-ortho nitro benzene ring substituents is 1. The number of benzene rings is 2. The second kappa shape index (κ2) is 8.13. The highest BCUT2D eigenvalue weighted by Gasteiger charge is 2.21. The molecule has 1 aliphatic rings. The van der Waals surface area contributed by atoms with Gasteiger partial charge in [-0.3, -0.25) is 14.9 Å². The zero-order valence-corrected chi connectivity index (χ0v) is 14.4. The Morgan fingerprint density at radius 3 is 2.72 bits per heavy atom. The Morgan fingerprint density at radius 2 is 2.04 bits per heavy atom. The van der Waals surface area contributed by atoms with Gasteiger partial charge in [-0.15, -0.1) is 0 Å². The van der Waals surface area contributed by atoms with Crippen LogP contribution in [-0.4, -0.2) is 30.0 Å². The molecule has 3 rings (SSSR count). The number of amides is 1. The Bertz CT molecular complexity index is 761. The Labute approximate surface area is 150 Å². The van der Waals surface area contributed by atoms with Gasteiger partial charge in [-0.1, -0.05) is 30.0 Å². The minimum atomic E-state index is -0.476. The highest BCUT2D eigenvalue weighted by molar-refractivity contribution is 7.99. The number of hydrogen-bond acceptors (Lipinski definition) is 5. The summed E-state index contributed by atoms with van der Waals surface area (Å²) in [5.41, 5.74) is 0.262. The smallest absolute Gasteiger partial charge is 0.270 e. The van der Waals surface area contributed by atoms with Crippen LogP contribution in [-0.2, 0) is 0 Å². The van der Waals surface area contributed by atoms with Crippen LogP contribution in [0.1, 0.15) is 23.2 Å². The van der Waals surface area contributed by atoms with Crippen LogP contribution in [0, 0.1) is 10.1 Å². The third-order valence-electron chi connectivity index (χ3n) is 4.02. The Balaban J connectivity index is 1.86. The average molecular weight is 357 g/mol. The van der Waals surface area contributed by atoms with Crippen LogP contribution in [0.15, 0.2) is 58.3 Å². The number of nitro benzene ring substituents is 1. The van der Waals surface area contributed by atoms with Gasteiger partial charge in [0, 0.05) is 34.5 Å². The lowest BCUT2D eigenvalue weighted by Gasteiger charge is -2.24. The SMILES string of the molecule is O=C(NC1CCCNC1)c1cc([N+](=O)[O-])ccc1Sc1ccccc1. The zero-order valence-electron chi connectivity index (χ0n) is 13.6. The Kier molecular flexibility index (Phi) is 5.67. The van der Waals surface area contributed by atoms with Gasteiger partial charge in [-0.2, -0.15) is 0 Å². The molecule has 1 amide bonds. The number of nitrogens with one attached hydrogen (secondary N) is 2. The third-order valence-corrected chi connectivity index (χ3v) is 5.11. The van der Waals surface area contributed by atoms with Crippen LogP contribution in [0.3, 0.4) is 0 Å². The van der Waals surface area contributed by atoms with E-state index in [1.807, 2.05) is 30.3 Å². The van der Waals surface area contributed by atoms with Crippen molar-refractivity contribution < 1.29 is 9.72 Å². The number of piperidine rings is 1. The minimum absolute atomic E-state index is 0.0510. The lowest BCUT2D eigenvalue weighted by Crippen LogP contribution is -2.45. The summed E-state index contributed by atoms with van der Waals surface area (Å²) >= 11 is 1.43. The average Bonchev–Trinajstić information content (AvgIpc) is 2.63. The summed E-state index contributed by atoms with van der Waals surface area (Å²) in [6, 6.07) is 14.1. The fourth-order valence-corrected chi connectivity index (χ4v) is 3.70. The fraction of sp³-hybridized carbons (Fsp3) is 0.278. The highest BCUT2D eigenvalue weighted by atomic mass is 32.2. The molecule has 1 atom stereocenters. The van der Waals surface area contributed by atoms with E-state index in [4.69, 9.17) is 0 Å². The van der Waals surface area contributed by atoms with Crippen molar-refractivity contribution in [3.63, 3.8) is 0 Å². The predicted octanol–water partition coefficient (Wildman–Crippen LogP) is 3.23. The van der Waals surface area contributed by atoms with Gasteiger partial charge in [-0.25, -0.2) is 0 Å². The molecule has 2 aromatic rings. The van der Waals surface area contributed by atoms with E-state index in [1.165, 1.54) is 23.9 Å². The number of carbonyl (C=O) groups excluding carboxylic acids is 1. The van der Waals surface area contributed by atoms with Gasteiger partial charge in [0.2, 0.25) is 0 Å². The first-order valence-corrected chi connectivity index (χ1v) is 8.98. The van der Waals surface area contributed by atoms with Crippen molar-refractivity contribution in [3.8, 4) is 0 Å². The van der Waals surface area contributed by atoms with E-state index < -0.39 is 4.92 Å². The maximum absolute atomic E-state index is 12.7. The second-order valence-corrected chi connectivity index (χ2v) is 6.98. The minimum Gasteiger partial charge on any atom is -0.348 e. The van der Waals surface area contributed by atoms with Gasteiger partial charge in [-0.05, 0) is 37.6 Å². The van der Waals surface area contributed by atoms with E-state index in [-0.39, 0.29) is 17.6 Å². The molecule has 6 nitrogen and oxygen atoms in total. The van der Waals surface area contributed by atoms with Gasteiger partial charge in [0.1, 0.15) is 0 Å². The van der Waals surface area contributed by atoms with Crippen LogP contribution in [0.25, 0.3) is 0 Å². The van der Waals surface area contributed by atoms with Gasteiger partial charge < -0.3 is 10.6 Å². The van der Waals surface area contributed by atoms with Gasteiger partial charge in [0.25, 0.3) is 11.6 Å². The molecule has 1 fully saturated rings. The number of rotatable bonds is 5. The van der Waals surface area contributed by atoms with Crippen molar-refractivity contribution in [2.45, 2.75) is 28.7 Å². The number of nitro groups is 1. The first-order chi connectivity index (χ1) is 12.1. The van der Waals surface area contributed by atoms with E-state index in [9.17, 15) is 14.9 Å². The first kappa shape index (κ1) is 17.4. The molecule has 1 aliphatic heterocycles. The van der Waals surface area contributed by atoms with Crippen LogP contribution in [0.5, 0.6) is 0 Å². The molecule has 2 N–H and O–H groups in total. The standard InChI is InChI=1S/C18H19N3O3S/c22-18(20-13-5-4-10-19-12-13)16-11-14(21(23)24)8-9-17(16)25-15-6-2-1-3-7-15/h1-3,6-9,11,13,19H,4-5,10,12H2,(H,20,22). The molecule has 0 aliphatic carbocycles. The lowest BCUT2D eigenvalue weighted by molar-refractivity contribution is -0.384. The molecule has 130 valence electrons. The normalized spacial score (nSPS) is 17.0. The fourth-order valence-electron chi connectivity index (χ4n) is 2.75. The lowest BCUT2D eigenvalue weighted by atomic mass is 10.1. The van der Waals surface area contributed by atoms with E-state index >= 15 is 0 Å². The monoisotopic (exact) mass is 357 g/mol. The van der Waals surface area contributed by atoms with Crippen LogP contribution in [0.2, 0.25) is 0 Å². The maximum Gasteiger partial charge on any atom is 0.270 e. The molecule has 0 saturated carbocycles. The molecule has 1 heterocycles. The van der Waals surface area contributed by atoms with E-state index in [0.29, 0.717) is 10.5 Å². The Hall–Kier alpha value is -2.38. The maximum atomic E-state index is 12.7. The van der Waals surface area contributed by atoms with Crippen LogP contribution in [0.4, 0.5) is 5.69 Å². The summed E-state index contributed by atoms with van der Waals surface area (Å²) in [6.07, 6.45) is 1.92. The van der Waals surface area contributed by atoms with Gasteiger partial charge >= 0.3 is 0 Å². The van der Waals surface area contributed by atoms with Crippen molar-refractivity contribution in [2.75, 3.05) is 13.1 Å².